The predicted molar refractivity (Wildman–Crippen MR) is 71.3 cm³/mol. The maximum Gasteiger partial charge on any atom is 0.416 e. The van der Waals surface area contributed by atoms with E-state index in [2.05, 4.69) is 6.92 Å². The number of hydrogen-bond acceptors (Lipinski definition) is 2. The third-order valence-electron chi connectivity index (χ3n) is 4.03. The monoisotopic (exact) mass is 285 g/mol. The molecule has 0 saturated heterocycles. The molecule has 0 aliphatic heterocycles. The van der Waals surface area contributed by atoms with Crippen molar-refractivity contribution in [2.24, 2.45) is 11.8 Å². The summed E-state index contributed by atoms with van der Waals surface area (Å²) in [6, 6.07) is 2.96. The van der Waals surface area contributed by atoms with E-state index in [4.69, 9.17) is 5.73 Å². The van der Waals surface area contributed by atoms with Gasteiger partial charge in [0.2, 0.25) is 0 Å². The normalized spacial score (nSPS) is 23.6. The standard InChI is InChI=1S/C15H18F3NO/c1-9-2-4-10(5-3-9)14(20)12-8-11(15(16,17)18)6-7-13(12)19/h6-10H,2-5,19H2,1H3. The van der Waals surface area contributed by atoms with Crippen molar-refractivity contribution < 1.29 is 18.0 Å². The third-order valence-corrected chi connectivity index (χ3v) is 4.03. The summed E-state index contributed by atoms with van der Waals surface area (Å²) in [6.07, 6.45) is -1.11. The Labute approximate surface area is 116 Å². The van der Waals surface area contributed by atoms with Gasteiger partial charge in [-0.15, -0.1) is 0 Å². The van der Waals surface area contributed by atoms with Gasteiger partial charge in [0, 0.05) is 17.2 Å². The lowest BCUT2D eigenvalue weighted by Crippen LogP contribution is -2.22. The number of ketones is 1. The fourth-order valence-corrected chi connectivity index (χ4v) is 2.69. The van der Waals surface area contributed by atoms with Gasteiger partial charge in [-0.05, 0) is 37.0 Å². The first-order valence-electron chi connectivity index (χ1n) is 6.80. The van der Waals surface area contributed by atoms with Crippen molar-refractivity contribution in [3.05, 3.63) is 29.3 Å². The molecule has 0 aromatic heterocycles. The average Bonchev–Trinajstić information content (AvgIpc) is 2.38. The number of anilines is 1. The molecule has 2 N–H and O–H groups in total. The predicted octanol–water partition coefficient (Wildman–Crippen LogP) is 4.30. The van der Waals surface area contributed by atoms with Crippen molar-refractivity contribution in [2.75, 3.05) is 5.73 Å². The van der Waals surface area contributed by atoms with Gasteiger partial charge in [-0.1, -0.05) is 19.8 Å². The van der Waals surface area contributed by atoms with Crippen molar-refractivity contribution in [3.63, 3.8) is 0 Å². The molecule has 2 rings (SSSR count). The summed E-state index contributed by atoms with van der Waals surface area (Å²) >= 11 is 0. The number of rotatable bonds is 2. The second kappa shape index (κ2) is 5.46. The van der Waals surface area contributed by atoms with Crippen molar-refractivity contribution in [1.29, 1.82) is 0 Å². The number of benzene rings is 1. The fourth-order valence-electron chi connectivity index (χ4n) is 2.69. The van der Waals surface area contributed by atoms with Crippen LogP contribution in [0.15, 0.2) is 18.2 Å². The van der Waals surface area contributed by atoms with Gasteiger partial charge in [-0.3, -0.25) is 4.79 Å². The highest BCUT2D eigenvalue weighted by molar-refractivity contribution is 6.02. The summed E-state index contributed by atoms with van der Waals surface area (Å²) < 4.78 is 38.1. The first kappa shape index (κ1) is 14.9. The van der Waals surface area contributed by atoms with E-state index < -0.39 is 11.7 Å². The highest BCUT2D eigenvalue weighted by Crippen LogP contribution is 2.35. The second-order valence-electron chi connectivity index (χ2n) is 5.62. The van der Waals surface area contributed by atoms with Crippen LogP contribution in [0.1, 0.15) is 48.5 Å². The van der Waals surface area contributed by atoms with Gasteiger partial charge < -0.3 is 5.73 Å². The molecule has 1 aliphatic rings. The molecule has 1 saturated carbocycles. The molecule has 1 aromatic carbocycles. The first-order chi connectivity index (χ1) is 9.29. The quantitative estimate of drug-likeness (QED) is 0.650. The molecule has 1 aliphatic carbocycles. The van der Waals surface area contributed by atoms with Crippen LogP contribution in [0.25, 0.3) is 0 Å². The van der Waals surface area contributed by atoms with Crippen molar-refractivity contribution in [2.45, 2.75) is 38.8 Å². The van der Waals surface area contributed by atoms with Crippen LogP contribution in [0.2, 0.25) is 0 Å². The van der Waals surface area contributed by atoms with Gasteiger partial charge in [0.05, 0.1) is 5.56 Å². The maximum atomic E-state index is 12.7. The number of nitrogen functional groups attached to an aromatic ring is 1. The minimum atomic E-state index is -4.45. The van der Waals surface area contributed by atoms with E-state index in [1.807, 2.05) is 0 Å². The van der Waals surface area contributed by atoms with E-state index in [0.717, 1.165) is 37.8 Å². The number of hydrogen-bond donors (Lipinski definition) is 1. The number of nitrogens with two attached hydrogens (primary N) is 1. The lowest BCUT2D eigenvalue weighted by atomic mass is 9.79. The number of halogens is 3. The molecule has 0 heterocycles. The molecule has 1 fully saturated rings. The molecule has 0 atom stereocenters. The van der Waals surface area contributed by atoms with Crippen molar-refractivity contribution >= 4 is 11.5 Å². The Morgan fingerprint density at radius 1 is 1.20 bits per heavy atom. The molecule has 1 aromatic rings. The van der Waals surface area contributed by atoms with Crippen LogP contribution in [0.5, 0.6) is 0 Å². The van der Waals surface area contributed by atoms with Gasteiger partial charge >= 0.3 is 6.18 Å². The van der Waals surface area contributed by atoms with Crippen LogP contribution < -0.4 is 5.73 Å². The lowest BCUT2D eigenvalue weighted by molar-refractivity contribution is -0.137. The molecule has 2 nitrogen and oxygen atoms in total. The summed E-state index contributed by atoms with van der Waals surface area (Å²) in [4.78, 5) is 12.4. The first-order valence-corrected chi connectivity index (χ1v) is 6.80. The zero-order valence-corrected chi connectivity index (χ0v) is 11.3. The lowest BCUT2D eigenvalue weighted by Gasteiger charge is -2.25. The summed E-state index contributed by atoms with van der Waals surface area (Å²) in [5, 5.41) is 0. The molecule has 0 bridgehead atoms. The molecule has 0 unspecified atom stereocenters. The van der Waals surface area contributed by atoms with E-state index in [1.54, 1.807) is 0 Å². The van der Waals surface area contributed by atoms with Crippen LogP contribution in [-0.4, -0.2) is 5.78 Å². The Morgan fingerprint density at radius 2 is 1.80 bits per heavy atom. The maximum absolute atomic E-state index is 12.7. The fraction of sp³-hybridized carbons (Fsp3) is 0.533. The van der Waals surface area contributed by atoms with Crippen LogP contribution in [0.4, 0.5) is 18.9 Å². The Morgan fingerprint density at radius 3 is 2.35 bits per heavy atom. The highest BCUT2D eigenvalue weighted by atomic mass is 19.4. The Bertz CT molecular complexity index is 502. The van der Waals surface area contributed by atoms with E-state index in [9.17, 15) is 18.0 Å². The molecule has 20 heavy (non-hydrogen) atoms. The summed E-state index contributed by atoms with van der Waals surface area (Å²) in [6.45, 7) is 2.12. The second-order valence-corrected chi connectivity index (χ2v) is 5.62. The van der Waals surface area contributed by atoms with Crippen LogP contribution >= 0.6 is 0 Å². The smallest absolute Gasteiger partial charge is 0.398 e. The van der Waals surface area contributed by atoms with E-state index in [-0.39, 0.29) is 23.0 Å². The van der Waals surface area contributed by atoms with Gasteiger partial charge in [0.25, 0.3) is 0 Å². The molecule has 0 radical (unpaired) electrons. The zero-order chi connectivity index (χ0) is 14.9. The molecular formula is C15H18F3NO. The number of carbonyl (C=O) groups is 1. The van der Waals surface area contributed by atoms with Gasteiger partial charge in [-0.25, -0.2) is 0 Å². The van der Waals surface area contributed by atoms with Crippen LogP contribution in [0, 0.1) is 11.8 Å². The largest absolute Gasteiger partial charge is 0.416 e. The topological polar surface area (TPSA) is 43.1 Å². The number of Topliss-reactive ketones (excluding diaryl/α,β-unsaturated/α-hetero) is 1. The molecule has 0 spiro atoms. The summed E-state index contributed by atoms with van der Waals surface area (Å²) in [7, 11) is 0. The van der Waals surface area contributed by atoms with E-state index >= 15 is 0 Å². The van der Waals surface area contributed by atoms with E-state index in [0.29, 0.717) is 5.92 Å². The minimum Gasteiger partial charge on any atom is -0.398 e. The van der Waals surface area contributed by atoms with Gasteiger partial charge in [0.15, 0.2) is 5.78 Å². The van der Waals surface area contributed by atoms with Crippen molar-refractivity contribution in [1.82, 2.24) is 0 Å². The highest BCUT2D eigenvalue weighted by Gasteiger charge is 2.33. The summed E-state index contributed by atoms with van der Waals surface area (Å²) in [5.74, 6) is 0.135. The molecule has 110 valence electrons. The number of carbonyl (C=O) groups excluding carboxylic acids is 1. The van der Waals surface area contributed by atoms with Gasteiger partial charge in [0.1, 0.15) is 0 Å². The summed E-state index contributed by atoms with van der Waals surface area (Å²) in [5.41, 5.74) is 5.00. The Hall–Kier alpha value is -1.52. The number of alkyl halides is 3. The van der Waals surface area contributed by atoms with Crippen LogP contribution in [0.3, 0.4) is 0 Å². The Balaban J connectivity index is 2.25. The Kier molecular flexibility index (Phi) is 4.06. The SMILES string of the molecule is CC1CCC(C(=O)c2cc(C(F)(F)F)ccc2N)CC1. The van der Waals surface area contributed by atoms with Gasteiger partial charge in [-0.2, -0.15) is 13.2 Å². The molecule has 5 heteroatoms. The average molecular weight is 285 g/mol. The minimum absolute atomic E-state index is 0.0133. The van der Waals surface area contributed by atoms with Crippen molar-refractivity contribution in [3.8, 4) is 0 Å². The van der Waals surface area contributed by atoms with Crippen LogP contribution in [-0.2, 0) is 6.18 Å². The molecule has 0 amide bonds. The molecular weight excluding hydrogens is 267 g/mol. The zero-order valence-electron chi connectivity index (χ0n) is 11.3. The third kappa shape index (κ3) is 3.14. The van der Waals surface area contributed by atoms with E-state index in [1.165, 1.54) is 6.07 Å².